The number of methoxy groups -OCH3 is 1. The summed E-state index contributed by atoms with van der Waals surface area (Å²) in [6, 6.07) is -0.228. The summed E-state index contributed by atoms with van der Waals surface area (Å²) in [5.74, 6) is -0.163. The lowest BCUT2D eigenvalue weighted by molar-refractivity contribution is -0.146. The minimum atomic E-state index is -0.228. The highest BCUT2D eigenvalue weighted by atomic mass is 16.5. The van der Waals surface area contributed by atoms with E-state index in [9.17, 15) is 4.79 Å². The van der Waals surface area contributed by atoms with E-state index >= 15 is 0 Å². The molecule has 1 rings (SSSR count). The second-order valence-electron chi connectivity index (χ2n) is 4.33. The number of esters is 1. The first-order valence-electron chi connectivity index (χ1n) is 6.30. The predicted octanol–water partition coefficient (Wildman–Crippen LogP) is 0.248. The van der Waals surface area contributed by atoms with Gasteiger partial charge >= 0.3 is 5.97 Å². The molecule has 0 spiro atoms. The van der Waals surface area contributed by atoms with Crippen LogP contribution in [0.15, 0.2) is 0 Å². The fourth-order valence-electron chi connectivity index (χ4n) is 2.11. The van der Waals surface area contributed by atoms with Crippen LogP contribution in [0.1, 0.15) is 19.8 Å². The molecular weight excluding hydrogens is 220 g/mol. The molecule has 0 radical (unpaired) electrons. The van der Waals surface area contributed by atoms with E-state index in [1.807, 2.05) is 6.92 Å². The third kappa shape index (κ3) is 4.61. The number of hydrogen-bond acceptors (Lipinski definition) is 5. The number of nitrogens with one attached hydrogen (secondary N) is 1. The number of likely N-dealkylation sites (N-methyl/N-ethyl adjacent to an activating group) is 1. The van der Waals surface area contributed by atoms with Crippen molar-refractivity contribution in [3.8, 4) is 0 Å². The highest BCUT2D eigenvalue weighted by Gasteiger charge is 2.24. The summed E-state index contributed by atoms with van der Waals surface area (Å²) in [4.78, 5) is 13.9. The average molecular weight is 244 g/mol. The van der Waals surface area contributed by atoms with Crippen molar-refractivity contribution in [2.75, 3.05) is 40.4 Å². The molecule has 0 saturated carbocycles. The molecule has 1 atom stereocenters. The Morgan fingerprint density at radius 1 is 1.47 bits per heavy atom. The van der Waals surface area contributed by atoms with Crippen LogP contribution in [0, 0.1) is 0 Å². The molecular formula is C12H24N2O3. The molecule has 5 nitrogen and oxygen atoms in total. The van der Waals surface area contributed by atoms with E-state index in [0.29, 0.717) is 19.3 Å². The van der Waals surface area contributed by atoms with Gasteiger partial charge in [0.1, 0.15) is 6.04 Å². The molecule has 100 valence electrons. The van der Waals surface area contributed by atoms with Crippen LogP contribution in [0.3, 0.4) is 0 Å². The summed E-state index contributed by atoms with van der Waals surface area (Å²) >= 11 is 0. The fourth-order valence-corrected chi connectivity index (χ4v) is 2.11. The van der Waals surface area contributed by atoms with Crippen LogP contribution in [0.5, 0.6) is 0 Å². The van der Waals surface area contributed by atoms with E-state index < -0.39 is 0 Å². The van der Waals surface area contributed by atoms with Gasteiger partial charge in [-0.3, -0.25) is 4.79 Å². The van der Waals surface area contributed by atoms with Gasteiger partial charge in [-0.05, 0) is 26.8 Å². The lowest BCUT2D eigenvalue weighted by atomic mass is 10.1. The van der Waals surface area contributed by atoms with Crippen molar-refractivity contribution >= 4 is 5.97 Å². The van der Waals surface area contributed by atoms with E-state index in [1.165, 1.54) is 0 Å². The van der Waals surface area contributed by atoms with Crippen LogP contribution >= 0.6 is 0 Å². The first-order chi connectivity index (χ1) is 8.21. The SMILES string of the molecule is CCOC(=O)C(CN1CCC(OC)CC1)NC. The van der Waals surface area contributed by atoms with Crippen LogP contribution < -0.4 is 5.32 Å². The zero-order chi connectivity index (χ0) is 12.7. The van der Waals surface area contributed by atoms with Gasteiger partial charge in [-0.15, -0.1) is 0 Å². The topological polar surface area (TPSA) is 50.8 Å². The van der Waals surface area contributed by atoms with Crippen molar-refractivity contribution < 1.29 is 14.3 Å². The van der Waals surface area contributed by atoms with Crippen molar-refractivity contribution in [3.05, 3.63) is 0 Å². The second-order valence-corrected chi connectivity index (χ2v) is 4.33. The number of carbonyl (C=O) groups is 1. The normalized spacial score (nSPS) is 20.2. The summed E-state index contributed by atoms with van der Waals surface area (Å²) in [7, 11) is 3.55. The first-order valence-corrected chi connectivity index (χ1v) is 6.30. The second kappa shape index (κ2) is 7.63. The van der Waals surface area contributed by atoms with E-state index in [4.69, 9.17) is 9.47 Å². The summed E-state index contributed by atoms with van der Waals surface area (Å²) in [5, 5.41) is 3.01. The number of likely N-dealkylation sites (tertiary alicyclic amines) is 1. The van der Waals surface area contributed by atoms with Gasteiger partial charge in [0.25, 0.3) is 0 Å². The molecule has 1 saturated heterocycles. The van der Waals surface area contributed by atoms with Gasteiger partial charge in [0, 0.05) is 26.7 Å². The minimum Gasteiger partial charge on any atom is -0.465 e. The monoisotopic (exact) mass is 244 g/mol. The Morgan fingerprint density at radius 3 is 2.59 bits per heavy atom. The first kappa shape index (κ1) is 14.4. The van der Waals surface area contributed by atoms with E-state index in [1.54, 1.807) is 14.2 Å². The van der Waals surface area contributed by atoms with Gasteiger partial charge in [-0.25, -0.2) is 0 Å². The summed E-state index contributed by atoms with van der Waals surface area (Å²) in [6.07, 6.45) is 2.45. The highest BCUT2D eigenvalue weighted by molar-refractivity contribution is 5.76. The molecule has 1 unspecified atom stereocenters. The molecule has 0 amide bonds. The molecule has 1 aliphatic rings. The standard InChI is InChI=1S/C12H24N2O3/c1-4-17-12(15)11(13-2)9-14-7-5-10(16-3)6-8-14/h10-11,13H,4-9H2,1-3H3. The number of carbonyl (C=O) groups excluding carboxylic acids is 1. The van der Waals surface area contributed by atoms with Crippen molar-refractivity contribution in [2.45, 2.75) is 31.9 Å². The van der Waals surface area contributed by atoms with E-state index in [2.05, 4.69) is 10.2 Å². The molecule has 1 aliphatic heterocycles. The molecule has 0 bridgehead atoms. The van der Waals surface area contributed by atoms with Gasteiger partial charge in [0.05, 0.1) is 12.7 Å². The predicted molar refractivity (Wildman–Crippen MR) is 66.0 cm³/mol. The van der Waals surface area contributed by atoms with Crippen molar-refractivity contribution in [3.63, 3.8) is 0 Å². The van der Waals surface area contributed by atoms with E-state index in [0.717, 1.165) is 25.9 Å². The Hall–Kier alpha value is -0.650. The smallest absolute Gasteiger partial charge is 0.324 e. The number of ether oxygens (including phenoxy) is 2. The van der Waals surface area contributed by atoms with Gasteiger partial charge in [0.15, 0.2) is 0 Å². The molecule has 1 fully saturated rings. The highest BCUT2D eigenvalue weighted by Crippen LogP contribution is 2.13. The van der Waals surface area contributed by atoms with Gasteiger partial charge in [-0.1, -0.05) is 0 Å². The van der Waals surface area contributed by atoms with Crippen LogP contribution in [-0.4, -0.2) is 63.4 Å². The Kier molecular flexibility index (Phi) is 6.47. The Balaban J connectivity index is 2.34. The van der Waals surface area contributed by atoms with E-state index in [-0.39, 0.29) is 12.0 Å². The van der Waals surface area contributed by atoms with Crippen molar-refractivity contribution in [1.29, 1.82) is 0 Å². The number of nitrogens with zero attached hydrogens (tertiary/aromatic N) is 1. The summed E-state index contributed by atoms with van der Waals surface area (Å²) < 4.78 is 10.3. The van der Waals surface area contributed by atoms with Crippen LogP contribution in [0.2, 0.25) is 0 Å². The Morgan fingerprint density at radius 2 is 2.12 bits per heavy atom. The lowest BCUT2D eigenvalue weighted by Gasteiger charge is -2.32. The Bertz CT molecular complexity index is 228. The van der Waals surface area contributed by atoms with Crippen molar-refractivity contribution in [1.82, 2.24) is 10.2 Å². The molecule has 5 heteroatoms. The van der Waals surface area contributed by atoms with Gasteiger partial charge in [0.2, 0.25) is 0 Å². The lowest BCUT2D eigenvalue weighted by Crippen LogP contribution is -2.48. The van der Waals surface area contributed by atoms with Gasteiger partial charge in [-0.2, -0.15) is 0 Å². The molecule has 1 N–H and O–H groups in total. The maximum absolute atomic E-state index is 11.6. The van der Waals surface area contributed by atoms with Crippen LogP contribution in [0.25, 0.3) is 0 Å². The maximum Gasteiger partial charge on any atom is 0.324 e. The quantitative estimate of drug-likeness (QED) is 0.679. The zero-order valence-corrected chi connectivity index (χ0v) is 11.1. The number of rotatable bonds is 6. The third-order valence-corrected chi connectivity index (χ3v) is 3.23. The molecule has 17 heavy (non-hydrogen) atoms. The summed E-state index contributed by atoms with van der Waals surface area (Å²) in [6.45, 7) is 4.94. The maximum atomic E-state index is 11.6. The molecule has 0 aromatic carbocycles. The van der Waals surface area contributed by atoms with Gasteiger partial charge < -0.3 is 19.7 Å². The molecule has 1 heterocycles. The van der Waals surface area contributed by atoms with Crippen molar-refractivity contribution in [2.24, 2.45) is 0 Å². The molecule has 0 aromatic heterocycles. The number of hydrogen-bond donors (Lipinski definition) is 1. The third-order valence-electron chi connectivity index (χ3n) is 3.23. The number of piperidine rings is 1. The largest absolute Gasteiger partial charge is 0.465 e. The zero-order valence-electron chi connectivity index (χ0n) is 11.1. The van der Waals surface area contributed by atoms with Crippen LogP contribution in [-0.2, 0) is 14.3 Å². The van der Waals surface area contributed by atoms with Crippen LogP contribution in [0.4, 0.5) is 0 Å². The Labute approximate surface area is 103 Å². The minimum absolute atomic E-state index is 0.163. The summed E-state index contributed by atoms with van der Waals surface area (Å²) in [5.41, 5.74) is 0. The fraction of sp³-hybridized carbons (Fsp3) is 0.917. The molecule has 0 aromatic rings. The average Bonchev–Trinajstić information content (AvgIpc) is 2.37. The molecule has 0 aliphatic carbocycles.